The van der Waals surface area contributed by atoms with E-state index in [4.69, 9.17) is 4.98 Å². The number of aryl methyl sites for hydroxylation is 2. The van der Waals surface area contributed by atoms with Gasteiger partial charge in [0.25, 0.3) is 0 Å². The summed E-state index contributed by atoms with van der Waals surface area (Å²) < 4.78 is 1.74. The van der Waals surface area contributed by atoms with E-state index in [-0.39, 0.29) is 0 Å². The standard InChI is InChI=1S/C14H11N5S/c1-8-4-3-5-10-6-11-7-15-19-9(2)17-18-14(19)20-13(11)16-12(8)10/h3-7H,1-2H3. The Morgan fingerprint density at radius 3 is 2.95 bits per heavy atom. The van der Waals surface area contributed by atoms with Crippen molar-refractivity contribution in [1.82, 2.24) is 19.9 Å². The lowest BCUT2D eigenvalue weighted by molar-refractivity contribution is 0.746. The minimum Gasteiger partial charge on any atom is -0.240 e. The zero-order valence-electron chi connectivity index (χ0n) is 11.0. The second-order valence-corrected chi connectivity index (χ2v) is 5.67. The van der Waals surface area contributed by atoms with Crippen molar-refractivity contribution in [3.8, 4) is 0 Å². The SMILES string of the molecule is Cc1cccc2cc3c(nc12)Sc1nnc(C)n1N=C3. The summed E-state index contributed by atoms with van der Waals surface area (Å²) in [6, 6.07) is 8.32. The molecule has 3 heterocycles. The first-order valence-electron chi connectivity index (χ1n) is 6.27. The van der Waals surface area contributed by atoms with E-state index >= 15 is 0 Å². The number of nitrogens with zero attached hydrogens (tertiary/aromatic N) is 5. The molecule has 0 unspecified atom stereocenters. The highest BCUT2D eigenvalue weighted by atomic mass is 32.2. The molecule has 0 bridgehead atoms. The Morgan fingerprint density at radius 2 is 2.05 bits per heavy atom. The molecule has 5 nitrogen and oxygen atoms in total. The third-order valence-electron chi connectivity index (χ3n) is 3.31. The quantitative estimate of drug-likeness (QED) is 0.497. The zero-order chi connectivity index (χ0) is 13.7. The van der Waals surface area contributed by atoms with Crippen LogP contribution >= 0.6 is 11.8 Å². The maximum atomic E-state index is 4.77. The molecule has 0 amide bonds. The molecule has 0 spiro atoms. The van der Waals surface area contributed by atoms with E-state index in [1.807, 2.05) is 19.2 Å². The van der Waals surface area contributed by atoms with Gasteiger partial charge in [-0.2, -0.15) is 9.78 Å². The van der Waals surface area contributed by atoms with E-state index in [1.165, 1.54) is 17.3 Å². The molecule has 0 saturated heterocycles. The molecule has 2 aromatic heterocycles. The first kappa shape index (κ1) is 11.6. The molecular formula is C14H11N5S. The molecule has 20 heavy (non-hydrogen) atoms. The Hall–Kier alpha value is -2.21. The fourth-order valence-corrected chi connectivity index (χ4v) is 3.15. The number of hydrogen-bond donors (Lipinski definition) is 0. The zero-order valence-corrected chi connectivity index (χ0v) is 11.8. The van der Waals surface area contributed by atoms with E-state index in [0.29, 0.717) is 0 Å². The fourth-order valence-electron chi connectivity index (χ4n) is 2.26. The third-order valence-corrected chi connectivity index (χ3v) is 4.27. The Bertz CT molecular complexity index is 865. The summed E-state index contributed by atoms with van der Waals surface area (Å²) in [5.74, 6) is 0.775. The highest BCUT2D eigenvalue weighted by molar-refractivity contribution is 7.99. The minimum atomic E-state index is 0.748. The molecule has 6 heteroatoms. The summed E-state index contributed by atoms with van der Waals surface area (Å²) in [6.07, 6.45) is 1.82. The van der Waals surface area contributed by atoms with Crippen LogP contribution in [0.3, 0.4) is 0 Å². The van der Waals surface area contributed by atoms with Crippen molar-refractivity contribution in [3.05, 3.63) is 41.2 Å². The normalized spacial score (nSPS) is 13.1. The smallest absolute Gasteiger partial charge is 0.218 e. The average molecular weight is 281 g/mol. The van der Waals surface area contributed by atoms with E-state index in [9.17, 15) is 0 Å². The van der Waals surface area contributed by atoms with Crippen LogP contribution in [0.5, 0.6) is 0 Å². The van der Waals surface area contributed by atoms with E-state index in [1.54, 1.807) is 4.68 Å². The Labute approximate surface area is 119 Å². The second-order valence-electron chi connectivity index (χ2n) is 4.72. The summed E-state index contributed by atoms with van der Waals surface area (Å²) in [5, 5.41) is 15.4. The van der Waals surface area contributed by atoms with Crippen LogP contribution in [0.15, 0.2) is 39.5 Å². The van der Waals surface area contributed by atoms with Gasteiger partial charge in [-0.15, -0.1) is 10.2 Å². The first-order chi connectivity index (χ1) is 9.72. The van der Waals surface area contributed by atoms with Crippen LogP contribution in [0.25, 0.3) is 10.9 Å². The van der Waals surface area contributed by atoms with Crippen LogP contribution in [0.4, 0.5) is 0 Å². The third kappa shape index (κ3) is 1.65. The van der Waals surface area contributed by atoms with Crippen molar-refractivity contribution < 1.29 is 0 Å². The summed E-state index contributed by atoms with van der Waals surface area (Å²) in [5.41, 5.74) is 3.21. The Morgan fingerprint density at radius 1 is 1.15 bits per heavy atom. The maximum absolute atomic E-state index is 4.77. The van der Waals surface area contributed by atoms with Gasteiger partial charge in [-0.1, -0.05) is 18.2 Å². The monoisotopic (exact) mass is 281 g/mol. The van der Waals surface area contributed by atoms with Gasteiger partial charge in [0, 0.05) is 10.9 Å². The van der Waals surface area contributed by atoms with Crippen LogP contribution in [0.2, 0.25) is 0 Å². The lowest BCUT2D eigenvalue weighted by Gasteiger charge is -2.06. The lowest BCUT2D eigenvalue weighted by Crippen LogP contribution is -1.93. The van der Waals surface area contributed by atoms with Gasteiger partial charge in [0.15, 0.2) is 5.82 Å². The molecule has 0 radical (unpaired) electrons. The van der Waals surface area contributed by atoms with E-state index < -0.39 is 0 Å². The summed E-state index contributed by atoms with van der Waals surface area (Å²) in [6.45, 7) is 3.96. The van der Waals surface area contributed by atoms with Gasteiger partial charge in [0.2, 0.25) is 5.16 Å². The Balaban J connectivity index is 1.98. The molecule has 0 saturated carbocycles. The number of benzene rings is 1. The van der Waals surface area contributed by atoms with Gasteiger partial charge >= 0.3 is 0 Å². The molecule has 0 aliphatic carbocycles. The van der Waals surface area contributed by atoms with Crippen LogP contribution in [0, 0.1) is 13.8 Å². The van der Waals surface area contributed by atoms with Crippen molar-refractivity contribution >= 4 is 28.9 Å². The highest BCUT2D eigenvalue weighted by Gasteiger charge is 2.17. The van der Waals surface area contributed by atoms with Crippen LogP contribution < -0.4 is 0 Å². The maximum Gasteiger partial charge on any atom is 0.218 e. The van der Waals surface area contributed by atoms with Gasteiger partial charge in [0.1, 0.15) is 5.03 Å². The van der Waals surface area contributed by atoms with Crippen molar-refractivity contribution in [1.29, 1.82) is 0 Å². The molecule has 1 aliphatic rings. The molecule has 0 fully saturated rings. The van der Waals surface area contributed by atoms with Gasteiger partial charge in [-0.25, -0.2) is 4.98 Å². The van der Waals surface area contributed by atoms with Gasteiger partial charge in [-0.05, 0) is 37.2 Å². The minimum absolute atomic E-state index is 0.748. The Kier molecular flexibility index (Phi) is 2.40. The number of aromatic nitrogens is 4. The predicted octanol–water partition coefficient (Wildman–Crippen LogP) is 2.79. The van der Waals surface area contributed by atoms with Gasteiger partial charge in [0.05, 0.1) is 11.7 Å². The van der Waals surface area contributed by atoms with Crippen LogP contribution in [-0.2, 0) is 0 Å². The van der Waals surface area contributed by atoms with E-state index in [0.717, 1.165) is 32.5 Å². The van der Waals surface area contributed by atoms with E-state index in [2.05, 4.69) is 40.4 Å². The highest BCUT2D eigenvalue weighted by Crippen LogP contribution is 2.32. The van der Waals surface area contributed by atoms with Crippen molar-refractivity contribution in [2.75, 3.05) is 0 Å². The lowest BCUT2D eigenvalue weighted by atomic mass is 10.1. The van der Waals surface area contributed by atoms with Crippen molar-refractivity contribution in [2.24, 2.45) is 5.10 Å². The molecule has 0 N–H and O–H groups in total. The number of fused-ring (bicyclic) bond motifs is 3. The van der Waals surface area contributed by atoms with Gasteiger partial charge < -0.3 is 0 Å². The predicted molar refractivity (Wildman–Crippen MR) is 78.4 cm³/mol. The molecule has 4 rings (SSSR count). The van der Waals surface area contributed by atoms with Crippen LogP contribution in [0.1, 0.15) is 17.0 Å². The summed E-state index contributed by atoms with van der Waals surface area (Å²) in [7, 11) is 0. The number of pyridine rings is 1. The second kappa shape index (κ2) is 4.14. The molecule has 98 valence electrons. The topological polar surface area (TPSA) is 56.0 Å². The average Bonchev–Trinajstić information content (AvgIpc) is 2.68. The van der Waals surface area contributed by atoms with Crippen molar-refractivity contribution in [3.63, 3.8) is 0 Å². The molecule has 1 aromatic carbocycles. The number of hydrogen-bond acceptors (Lipinski definition) is 5. The largest absolute Gasteiger partial charge is 0.240 e. The molecular weight excluding hydrogens is 270 g/mol. The molecule has 1 aliphatic heterocycles. The van der Waals surface area contributed by atoms with Crippen LogP contribution in [-0.4, -0.2) is 26.1 Å². The number of para-hydroxylation sites is 1. The fraction of sp³-hybridized carbons (Fsp3) is 0.143. The summed E-state index contributed by atoms with van der Waals surface area (Å²) in [4.78, 5) is 4.77. The van der Waals surface area contributed by atoms with Gasteiger partial charge in [-0.3, -0.25) is 0 Å². The number of rotatable bonds is 0. The molecule has 0 atom stereocenters. The first-order valence-corrected chi connectivity index (χ1v) is 7.08. The summed E-state index contributed by atoms with van der Waals surface area (Å²) >= 11 is 1.50. The van der Waals surface area contributed by atoms with Crippen molar-refractivity contribution in [2.45, 2.75) is 24.0 Å². The molecule has 3 aromatic rings.